The predicted octanol–water partition coefficient (Wildman–Crippen LogP) is 2.35. The molecule has 2 aromatic rings. The molecule has 0 bridgehead atoms. The smallest absolute Gasteiger partial charge is 0.266 e. The van der Waals surface area contributed by atoms with Crippen LogP contribution < -0.4 is 11.1 Å². The van der Waals surface area contributed by atoms with Gasteiger partial charge in [0.15, 0.2) is 0 Å². The molecule has 0 atom stereocenters. The summed E-state index contributed by atoms with van der Waals surface area (Å²) in [5.74, 6) is 0. The maximum Gasteiger partial charge on any atom is 0.300 e. The van der Waals surface area contributed by atoms with Crippen molar-refractivity contribution in [3.63, 3.8) is 0 Å². The summed E-state index contributed by atoms with van der Waals surface area (Å²) >= 11 is 17.1. The van der Waals surface area contributed by atoms with Gasteiger partial charge in [0.05, 0.1) is 4.90 Å². The summed E-state index contributed by atoms with van der Waals surface area (Å²) in [5, 5.41) is 1.04. The van der Waals surface area contributed by atoms with Gasteiger partial charge in [-0.05, 0) is 37.1 Å². The van der Waals surface area contributed by atoms with Crippen molar-refractivity contribution in [1.29, 1.82) is 0 Å². The number of aryl methyl sites for hydroxylation is 2. The molecule has 0 fully saturated rings. The molecule has 1 aromatic carbocycles. The number of aromatic amines is 1. The van der Waals surface area contributed by atoms with Crippen molar-refractivity contribution < 1.29 is 8.42 Å². The maximum absolute atomic E-state index is 12.6. The van der Waals surface area contributed by atoms with Crippen LogP contribution in [0.3, 0.4) is 0 Å². The van der Waals surface area contributed by atoms with E-state index in [-0.39, 0.29) is 8.98 Å². The Morgan fingerprint density at radius 2 is 1.59 bits per heavy atom. The number of H-pyrrole nitrogens is 1. The molecule has 0 unspecified atom stereocenters. The average Bonchev–Trinajstić information content (AvgIpc) is 2.44. The molecule has 22 heavy (non-hydrogen) atoms. The molecule has 0 aliphatic heterocycles. The zero-order valence-corrected chi connectivity index (χ0v) is 14.4. The van der Waals surface area contributed by atoms with Crippen LogP contribution in [0.4, 0.5) is 0 Å². The van der Waals surface area contributed by atoms with Crippen molar-refractivity contribution in [3.05, 3.63) is 59.0 Å². The zero-order chi connectivity index (χ0) is 16.8. The standard InChI is InChI=1S/C12H9Cl3N2O4S/c1-5-4-8(6(2)3-7(5)13)22(20,21)17-12(19)10(15)9(14)11(18)16-17/h3-4H,1-2H3,(H,16,18). The summed E-state index contributed by atoms with van der Waals surface area (Å²) < 4.78 is 25.4. The first-order valence-electron chi connectivity index (χ1n) is 5.80. The van der Waals surface area contributed by atoms with Crippen LogP contribution in [0.5, 0.6) is 0 Å². The highest BCUT2D eigenvalue weighted by atomic mass is 35.5. The maximum atomic E-state index is 12.6. The SMILES string of the molecule is Cc1cc(S(=O)(=O)n2[nH]c(=O)c(Cl)c(Cl)c2=O)c(C)cc1Cl. The first-order chi connectivity index (χ1) is 10.1. The highest BCUT2D eigenvalue weighted by Crippen LogP contribution is 2.25. The van der Waals surface area contributed by atoms with Crippen LogP contribution in [-0.4, -0.2) is 17.6 Å². The van der Waals surface area contributed by atoms with Crippen molar-refractivity contribution in [2.45, 2.75) is 18.7 Å². The summed E-state index contributed by atoms with van der Waals surface area (Å²) in [6.07, 6.45) is 0. The lowest BCUT2D eigenvalue weighted by Gasteiger charge is -2.12. The first-order valence-corrected chi connectivity index (χ1v) is 8.37. The normalized spacial score (nSPS) is 11.7. The highest BCUT2D eigenvalue weighted by Gasteiger charge is 2.25. The molecule has 6 nitrogen and oxygen atoms in total. The Labute approximate surface area is 140 Å². The Bertz CT molecular complexity index is 993. The molecule has 10 heteroatoms. The summed E-state index contributed by atoms with van der Waals surface area (Å²) in [5.41, 5.74) is -1.31. The van der Waals surface area contributed by atoms with Gasteiger partial charge in [-0.15, -0.1) is 4.09 Å². The number of rotatable bonds is 2. The van der Waals surface area contributed by atoms with E-state index in [1.807, 2.05) is 5.10 Å². The molecule has 0 saturated carbocycles. The van der Waals surface area contributed by atoms with Gasteiger partial charge in [0, 0.05) is 5.02 Å². The molecule has 0 saturated heterocycles. The molecule has 1 N–H and O–H groups in total. The predicted molar refractivity (Wildman–Crippen MR) is 84.9 cm³/mol. The first kappa shape index (κ1) is 17.1. The van der Waals surface area contributed by atoms with Gasteiger partial charge in [0.25, 0.3) is 21.1 Å². The number of nitrogens with one attached hydrogen (secondary N) is 1. The zero-order valence-electron chi connectivity index (χ0n) is 11.3. The summed E-state index contributed by atoms with van der Waals surface area (Å²) in [7, 11) is -4.35. The van der Waals surface area contributed by atoms with E-state index < -0.39 is 31.2 Å². The number of halogens is 3. The fourth-order valence-electron chi connectivity index (χ4n) is 1.77. The van der Waals surface area contributed by atoms with Crippen LogP contribution in [0.25, 0.3) is 0 Å². The van der Waals surface area contributed by atoms with Crippen molar-refractivity contribution in [2.75, 3.05) is 0 Å². The van der Waals surface area contributed by atoms with Gasteiger partial charge >= 0.3 is 0 Å². The third kappa shape index (κ3) is 2.69. The minimum atomic E-state index is -4.35. The Kier molecular flexibility index (Phi) is 4.45. The number of hydrogen-bond donors (Lipinski definition) is 1. The van der Waals surface area contributed by atoms with Crippen LogP contribution in [-0.2, 0) is 10.0 Å². The van der Waals surface area contributed by atoms with E-state index in [2.05, 4.69) is 0 Å². The van der Waals surface area contributed by atoms with Crippen LogP contribution in [0.1, 0.15) is 11.1 Å². The second kappa shape index (κ2) is 5.73. The number of hydrogen-bond acceptors (Lipinski definition) is 4. The molecular formula is C12H9Cl3N2O4S. The Balaban J connectivity index is 2.86. The topological polar surface area (TPSA) is 89.0 Å². The number of nitrogens with zero attached hydrogens (tertiary/aromatic N) is 1. The lowest BCUT2D eigenvalue weighted by molar-refractivity contribution is 0.573. The highest BCUT2D eigenvalue weighted by molar-refractivity contribution is 7.89. The van der Waals surface area contributed by atoms with E-state index in [9.17, 15) is 18.0 Å². The van der Waals surface area contributed by atoms with Gasteiger partial charge in [-0.2, -0.15) is 8.42 Å². The van der Waals surface area contributed by atoms with E-state index in [1.54, 1.807) is 6.92 Å². The van der Waals surface area contributed by atoms with Crippen LogP contribution in [0.2, 0.25) is 15.1 Å². The molecule has 0 spiro atoms. The number of benzene rings is 1. The van der Waals surface area contributed by atoms with Crippen molar-refractivity contribution in [1.82, 2.24) is 9.19 Å². The van der Waals surface area contributed by atoms with E-state index >= 15 is 0 Å². The van der Waals surface area contributed by atoms with Crippen LogP contribution >= 0.6 is 34.8 Å². The van der Waals surface area contributed by atoms with Gasteiger partial charge in [-0.1, -0.05) is 34.8 Å². The molecule has 1 aromatic heterocycles. The quantitative estimate of drug-likeness (QED) is 0.862. The lowest BCUT2D eigenvalue weighted by Crippen LogP contribution is -2.35. The summed E-state index contributed by atoms with van der Waals surface area (Å²) in [6, 6.07) is 2.75. The van der Waals surface area contributed by atoms with Crippen LogP contribution in [0.15, 0.2) is 26.6 Å². The van der Waals surface area contributed by atoms with Gasteiger partial charge < -0.3 is 0 Å². The molecule has 1 heterocycles. The molecule has 0 aliphatic rings. The van der Waals surface area contributed by atoms with E-state index in [0.717, 1.165) is 0 Å². The second-order valence-electron chi connectivity index (χ2n) is 4.51. The Morgan fingerprint density at radius 3 is 2.18 bits per heavy atom. The molecule has 0 aliphatic carbocycles. The monoisotopic (exact) mass is 382 g/mol. The van der Waals surface area contributed by atoms with E-state index in [1.165, 1.54) is 19.1 Å². The van der Waals surface area contributed by atoms with Gasteiger partial charge in [0.2, 0.25) is 0 Å². The molecule has 2 rings (SSSR count). The van der Waals surface area contributed by atoms with E-state index in [0.29, 0.717) is 16.1 Å². The lowest BCUT2D eigenvalue weighted by atomic mass is 10.2. The molecule has 118 valence electrons. The third-order valence-electron chi connectivity index (χ3n) is 2.94. The molecular weight excluding hydrogens is 375 g/mol. The van der Waals surface area contributed by atoms with Crippen molar-refractivity contribution >= 4 is 44.8 Å². The summed E-state index contributed by atoms with van der Waals surface area (Å²) in [4.78, 5) is 23.4. The van der Waals surface area contributed by atoms with Gasteiger partial charge in [-0.25, -0.2) is 5.10 Å². The fraction of sp³-hybridized carbons (Fsp3) is 0.167. The van der Waals surface area contributed by atoms with Crippen LogP contribution in [0, 0.1) is 13.8 Å². The second-order valence-corrected chi connectivity index (χ2v) is 7.43. The minimum absolute atomic E-state index is 0.166. The average molecular weight is 384 g/mol. The van der Waals surface area contributed by atoms with Crippen molar-refractivity contribution in [3.8, 4) is 0 Å². The molecule has 0 radical (unpaired) electrons. The minimum Gasteiger partial charge on any atom is -0.266 e. The van der Waals surface area contributed by atoms with Crippen molar-refractivity contribution in [2.24, 2.45) is 0 Å². The van der Waals surface area contributed by atoms with Gasteiger partial charge in [-0.3, -0.25) is 9.59 Å². The largest absolute Gasteiger partial charge is 0.300 e. The van der Waals surface area contributed by atoms with E-state index in [4.69, 9.17) is 34.8 Å². The summed E-state index contributed by atoms with van der Waals surface area (Å²) in [6.45, 7) is 3.13. The number of aromatic nitrogens is 2. The third-order valence-corrected chi connectivity index (χ3v) is 5.89. The molecule has 0 amide bonds. The Hall–Kier alpha value is -1.28. The van der Waals surface area contributed by atoms with Gasteiger partial charge in [0.1, 0.15) is 10.0 Å². The Morgan fingerprint density at radius 1 is 1.00 bits per heavy atom. The fourth-order valence-corrected chi connectivity index (χ4v) is 3.84.